The van der Waals surface area contributed by atoms with Gasteiger partial charge in [0, 0.05) is 18.5 Å². The van der Waals surface area contributed by atoms with Crippen LogP contribution < -0.4 is 4.74 Å². The molecule has 0 aliphatic carbocycles. The predicted octanol–water partition coefficient (Wildman–Crippen LogP) is 4.28. The van der Waals surface area contributed by atoms with Crippen LogP contribution in [0.5, 0.6) is 5.75 Å². The highest BCUT2D eigenvalue weighted by atomic mass is 35.5. The van der Waals surface area contributed by atoms with Gasteiger partial charge in [0.1, 0.15) is 11.4 Å². The second-order valence-corrected chi connectivity index (χ2v) is 6.25. The molecule has 0 aliphatic rings. The van der Waals surface area contributed by atoms with E-state index in [9.17, 15) is 0 Å². The van der Waals surface area contributed by atoms with Gasteiger partial charge < -0.3 is 4.74 Å². The quantitative estimate of drug-likeness (QED) is 0.645. The molecule has 3 aromatic rings. The lowest BCUT2D eigenvalue weighted by Crippen LogP contribution is -1.91. The normalized spacial score (nSPS) is 10.7. The molecule has 118 valence electrons. The number of rotatable bonds is 5. The summed E-state index contributed by atoms with van der Waals surface area (Å²) in [5.41, 5.74) is 2.31. The van der Waals surface area contributed by atoms with E-state index >= 15 is 0 Å². The fourth-order valence-electron chi connectivity index (χ4n) is 2.16. The third kappa shape index (κ3) is 3.48. The highest BCUT2D eigenvalue weighted by Gasteiger charge is 2.17. The van der Waals surface area contributed by atoms with E-state index in [1.54, 1.807) is 30.8 Å². The van der Waals surface area contributed by atoms with Crippen molar-refractivity contribution in [3.63, 3.8) is 0 Å². The van der Waals surface area contributed by atoms with E-state index in [-0.39, 0.29) is 5.28 Å². The first kappa shape index (κ1) is 15.8. The Hall–Kier alpha value is -2.05. The number of thiazole rings is 1. The predicted molar refractivity (Wildman–Crippen MR) is 91.9 cm³/mol. The number of hydrogen-bond donors (Lipinski definition) is 0. The SMILES string of the molecule is CCCc1nc(-c2cc(OC)ccn2)c(-c2ccnc(Cl)n2)s1. The smallest absolute Gasteiger partial charge is 0.222 e. The summed E-state index contributed by atoms with van der Waals surface area (Å²) >= 11 is 7.55. The molecular weight excluding hydrogens is 332 g/mol. The fourth-order valence-corrected chi connectivity index (χ4v) is 3.45. The summed E-state index contributed by atoms with van der Waals surface area (Å²) < 4.78 is 5.28. The Balaban J connectivity index is 2.14. The lowest BCUT2D eigenvalue weighted by atomic mass is 10.2. The first-order valence-electron chi connectivity index (χ1n) is 7.20. The molecule has 0 saturated carbocycles. The molecule has 0 N–H and O–H groups in total. The van der Waals surface area contributed by atoms with Crippen molar-refractivity contribution in [1.82, 2.24) is 19.9 Å². The molecule has 7 heteroatoms. The standard InChI is InChI=1S/C16H15ClN4OS/c1-3-4-13-21-14(12-9-10(22-2)5-7-18-12)15(23-13)11-6-8-19-16(17)20-11/h5-9H,3-4H2,1-2H3. The van der Waals surface area contributed by atoms with Gasteiger partial charge in [-0.1, -0.05) is 6.92 Å². The Morgan fingerprint density at radius 2 is 1.96 bits per heavy atom. The number of aromatic nitrogens is 4. The molecule has 3 aromatic heterocycles. The number of nitrogens with zero attached hydrogens (tertiary/aromatic N) is 4. The molecule has 0 unspecified atom stereocenters. The van der Waals surface area contributed by atoms with E-state index in [0.717, 1.165) is 45.6 Å². The van der Waals surface area contributed by atoms with Crippen LogP contribution in [0.25, 0.3) is 22.0 Å². The van der Waals surface area contributed by atoms with Gasteiger partial charge in [-0.15, -0.1) is 11.3 Å². The summed E-state index contributed by atoms with van der Waals surface area (Å²) in [7, 11) is 1.63. The molecule has 0 radical (unpaired) electrons. The molecule has 0 bridgehead atoms. The van der Waals surface area contributed by atoms with Gasteiger partial charge in [0.25, 0.3) is 0 Å². The van der Waals surface area contributed by atoms with Gasteiger partial charge in [-0.3, -0.25) is 4.98 Å². The minimum atomic E-state index is 0.220. The van der Waals surface area contributed by atoms with Crippen molar-refractivity contribution < 1.29 is 4.74 Å². The molecule has 0 atom stereocenters. The van der Waals surface area contributed by atoms with Crippen LogP contribution in [0.2, 0.25) is 5.28 Å². The molecule has 3 heterocycles. The summed E-state index contributed by atoms with van der Waals surface area (Å²) in [5.74, 6) is 0.742. The molecular formula is C16H15ClN4OS. The van der Waals surface area contributed by atoms with E-state index in [0.29, 0.717) is 0 Å². The average molecular weight is 347 g/mol. The van der Waals surface area contributed by atoms with E-state index in [2.05, 4.69) is 21.9 Å². The molecule has 5 nitrogen and oxygen atoms in total. The Bertz CT molecular complexity index is 821. The lowest BCUT2D eigenvalue weighted by Gasteiger charge is -2.04. The van der Waals surface area contributed by atoms with E-state index in [1.807, 2.05) is 18.2 Å². The van der Waals surface area contributed by atoms with Gasteiger partial charge >= 0.3 is 0 Å². The van der Waals surface area contributed by atoms with Gasteiger partial charge in [-0.2, -0.15) is 0 Å². The van der Waals surface area contributed by atoms with Gasteiger partial charge in [-0.25, -0.2) is 15.0 Å². The van der Waals surface area contributed by atoms with Crippen molar-refractivity contribution in [3.8, 4) is 27.7 Å². The molecule has 0 aromatic carbocycles. The molecule has 23 heavy (non-hydrogen) atoms. The Labute approximate surface area is 143 Å². The van der Waals surface area contributed by atoms with Crippen molar-refractivity contribution in [1.29, 1.82) is 0 Å². The largest absolute Gasteiger partial charge is 0.497 e. The average Bonchev–Trinajstić information content (AvgIpc) is 2.99. The Morgan fingerprint density at radius 1 is 1.13 bits per heavy atom. The van der Waals surface area contributed by atoms with Crippen LogP contribution >= 0.6 is 22.9 Å². The van der Waals surface area contributed by atoms with Gasteiger partial charge in [0.05, 0.1) is 28.4 Å². The third-order valence-corrected chi connectivity index (χ3v) is 4.52. The van der Waals surface area contributed by atoms with Crippen LogP contribution in [0, 0.1) is 0 Å². The number of aryl methyl sites for hydroxylation is 1. The topological polar surface area (TPSA) is 60.8 Å². The van der Waals surface area contributed by atoms with E-state index in [1.165, 1.54) is 0 Å². The molecule has 0 spiro atoms. The number of halogens is 1. The maximum atomic E-state index is 5.94. The van der Waals surface area contributed by atoms with Crippen molar-refractivity contribution in [3.05, 3.63) is 40.9 Å². The number of methoxy groups -OCH3 is 1. The van der Waals surface area contributed by atoms with Gasteiger partial charge in [-0.05, 0) is 36.6 Å². The van der Waals surface area contributed by atoms with Crippen LogP contribution in [0.15, 0.2) is 30.6 Å². The summed E-state index contributed by atoms with van der Waals surface area (Å²) in [6.07, 6.45) is 5.30. The Morgan fingerprint density at radius 3 is 2.70 bits per heavy atom. The summed E-state index contributed by atoms with van der Waals surface area (Å²) in [6, 6.07) is 5.51. The zero-order valence-electron chi connectivity index (χ0n) is 12.8. The highest BCUT2D eigenvalue weighted by Crippen LogP contribution is 2.36. The number of ether oxygens (including phenoxy) is 1. The minimum Gasteiger partial charge on any atom is -0.497 e. The summed E-state index contributed by atoms with van der Waals surface area (Å²) in [5, 5.41) is 1.27. The van der Waals surface area contributed by atoms with Crippen molar-refractivity contribution in [2.45, 2.75) is 19.8 Å². The van der Waals surface area contributed by atoms with Crippen molar-refractivity contribution >= 4 is 22.9 Å². The summed E-state index contributed by atoms with van der Waals surface area (Å²) in [4.78, 5) is 18.4. The zero-order valence-corrected chi connectivity index (χ0v) is 14.4. The highest BCUT2D eigenvalue weighted by molar-refractivity contribution is 7.15. The van der Waals surface area contributed by atoms with Crippen LogP contribution in [0.3, 0.4) is 0 Å². The molecule has 0 amide bonds. The summed E-state index contributed by atoms with van der Waals surface area (Å²) in [6.45, 7) is 2.13. The molecule has 0 fully saturated rings. The monoisotopic (exact) mass is 346 g/mol. The first-order valence-corrected chi connectivity index (χ1v) is 8.39. The van der Waals surface area contributed by atoms with Crippen LogP contribution in [0.1, 0.15) is 18.4 Å². The molecule has 3 rings (SSSR count). The van der Waals surface area contributed by atoms with E-state index in [4.69, 9.17) is 21.3 Å². The third-order valence-electron chi connectivity index (χ3n) is 3.20. The molecule has 0 saturated heterocycles. The van der Waals surface area contributed by atoms with Crippen molar-refractivity contribution in [2.24, 2.45) is 0 Å². The second-order valence-electron chi connectivity index (χ2n) is 4.83. The lowest BCUT2D eigenvalue weighted by molar-refractivity contribution is 0.414. The minimum absolute atomic E-state index is 0.220. The van der Waals surface area contributed by atoms with Crippen LogP contribution in [-0.4, -0.2) is 27.0 Å². The van der Waals surface area contributed by atoms with E-state index < -0.39 is 0 Å². The zero-order chi connectivity index (χ0) is 16.2. The number of pyridine rings is 1. The van der Waals surface area contributed by atoms with Crippen LogP contribution in [0.4, 0.5) is 0 Å². The van der Waals surface area contributed by atoms with Crippen LogP contribution in [-0.2, 0) is 6.42 Å². The van der Waals surface area contributed by atoms with Crippen molar-refractivity contribution in [2.75, 3.05) is 7.11 Å². The number of hydrogen-bond acceptors (Lipinski definition) is 6. The van der Waals surface area contributed by atoms with Gasteiger partial charge in [0.15, 0.2) is 0 Å². The maximum Gasteiger partial charge on any atom is 0.222 e. The molecule has 0 aliphatic heterocycles. The first-order chi connectivity index (χ1) is 11.2. The fraction of sp³-hybridized carbons (Fsp3) is 0.250. The second kappa shape index (κ2) is 7.02. The van der Waals surface area contributed by atoms with Gasteiger partial charge in [0.2, 0.25) is 5.28 Å². The maximum absolute atomic E-state index is 5.94. The Kier molecular flexibility index (Phi) is 4.83.